The van der Waals surface area contributed by atoms with Crippen LogP contribution in [0.15, 0.2) is 23.2 Å². The summed E-state index contributed by atoms with van der Waals surface area (Å²) >= 11 is 8.88. The molecule has 0 fully saturated rings. The molecule has 0 aromatic carbocycles. The van der Waals surface area contributed by atoms with Crippen LogP contribution in [0, 0.1) is 0 Å². The molecular weight excluding hydrogens is 495 g/mol. The van der Waals surface area contributed by atoms with E-state index in [0.717, 1.165) is 9.90 Å². The third-order valence-corrected chi connectivity index (χ3v) is 6.88. The molecule has 170 valence electrons. The highest BCUT2D eigenvalue weighted by molar-refractivity contribution is 7.99. The van der Waals surface area contributed by atoms with Gasteiger partial charge in [0.15, 0.2) is 17.3 Å². The quantitative estimate of drug-likeness (QED) is 0.248. The van der Waals surface area contributed by atoms with Gasteiger partial charge in [0.1, 0.15) is 21.9 Å². The van der Waals surface area contributed by atoms with Gasteiger partial charge >= 0.3 is 12.1 Å². The third kappa shape index (κ3) is 3.65. The predicted octanol–water partition coefficient (Wildman–Crippen LogP) is 5.91. The molecule has 6 nitrogen and oxygen atoms in total. The Kier molecular flexibility index (Phi) is 5.70. The molecule has 0 spiro atoms. The zero-order chi connectivity index (χ0) is 23.4. The average Bonchev–Trinajstić information content (AvgIpc) is 3.38. The van der Waals surface area contributed by atoms with Gasteiger partial charge in [-0.15, -0.1) is 33.3 Å². The van der Waals surface area contributed by atoms with Crippen LogP contribution < -0.4 is 0 Å². The lowest BCUT2D eigenvalue weighted by atomic mass is 10.2. The van der Waals surface area contributed by atoms with E-state index in [2.05, 4.69) is 20.2 Å². The maximum absolute atomic E-state index is 13.7. The lowest BCUT2D eigenvalue weighted by Gasteiger charge is -2.17. The van der Waals surface area contributed by atoms with Crippen LogP contribution in [-0.2, 0) is 20.0 Å². The van der Waals surface area contributed by atoms with Gasteiger partial charge < -0.3 is 9.13 Å². The molecular formula is C18H14ClF5N6S2. The molecule has 4 rings (SSSR count). The van der Waals surface area contributed by atoms with Crippen LogP contribution in [0.1, 0.15) is 12.6 Å². The zero-order valence-electron chi connectivity index (χ0n) is 16.7. The molecule has 0 amide bonds. The molecule has 4 heterocycles. The van der Waals surface area contributed by atoms with Gasteiger partial charge in [0.2, 0.25) is 0 Å². The van der Waals surface area contributed by atoms with Crippen molar-refractivity contribution < 1.29 is 22.0 Å². The highest BCUT2D eigenvalue weighted by Gasteiger charge is 2.60. The second-order valence-electron chi connectivity index (χ2n) is 6.69. The predicted molar refractivity (Wildman–Crippen MR) is 113 cm³/mol. The van der Waals surface area contributed by atoms with E-state index < -0.39 is 17.8 Å². The van der Waals surface area contributed by atoms with Gasteiger partial charge in [0, 0.05) is 14.1 Å². The number of aryl methyl sites for hydroxylation is 1. The van der Waals surface area contributed by atoms with E-state index in [1.807, 2.05) is 24.6 Å². The summed E-state index contributed by atoms with van der Waals surface area (Å²) in [5.74, 6) is -3.55. The molecule has 0 atom stereocenters. The lowest BCUT2D eigenvalue weighted by Crippen LogP contribution is -2.34. The first-order chi connectivity index (χ1) is 15.0. The Morgan fingerprint density at radius 3 is 2.34 bits per heavy atom. The molecule has 0 aliphatic rings. The number of hydrogen-bond acceptors (Lipinski definition) is 6. The summed E-state index contributed by atoms with van der Waals surface area (Å²) in [6.45, 7) is 1.95. The number of thioether (sulfide) groups is 1. The van der Waals surface area contributed by atoms with Crippen LogP contribution in [-0.4, -0.2) is 41.2 Å². The Morgan fingerprint density at radius 1 is 1.03 bits per heavy atom. The van der Waals surface area contributed by atoms with Gasteiger partial charge in [0.25, 0.3) is 0 Å². The molecule has 14 heteroatoms. The SMILES string of the molecule is CCSc1c(-c2nc3cc(C(F)(F)C(F)(F)F)nnc3n2C)nc(-c2ccc(Cl)s2)n1C. The fraction of sp³-hybridized carbons (Fsp3) is 0.333. The Bertz CT molecular complexity index is 1310. The number of imidazole rings is 2. The number of fused-ring (bicyclic) bond motifs is 1. The second kappa shape index (κ2) is 7.96. The highest BCUT2D eigenvalue weighted by Crippen LogP contribution is 2.43. The number of rotatable bonds is 5. The topological polar surface area (TPSA) is 61.4 Å². The monoisotopic (exact) mass is 508 g/mol. The summed E-state index contributed by atoms with van der Waals surface area (Å²) in [6.07, 6.45) is -5.80. The number of nitrogens with zero attached hydrogens (tertiary/aromatic N) is 6. The summed E-state index contributed by atoms with van der Waals surface area (Å²) < 4.78 is 69.6. The van der Waals surface area contributed by atoms with E-state index in [9.17, 15) is 22.0 Å². The summed E-state index contributed by atoms with van der Waals surface area (Å²) in [7, 11) is 3.39. The number of thiophene rings is 1. The van der Waals surface area contributed by atoms with Gasteiger partial charge in [-0.1, -0.05) is 18.5 Å². The number of hydrogen-bond donors (Lipinski definition) is 0. The molecule has 4 aromatic rings. The van der Waals surface area contributed by atoms with Crippen LogP contribution in [0.4, 0.5) is 22.0 Å². The first kappa shape index (κ1) is 22.9. The maximum atomic E-state index is 13.7. The fourth-order valence-corrected chi connectivity index (χ4v) is 4.98. The van der Waals surface area contributed by atoms with Crippen molar-refractivity contribution in [3.8, 4) is 22.2 Å². The Balaban J connectivity index is 1.89. The van der Waals surface area contributed by atoms with Crippen molar-refractivity contribution in [3.63, 3.8) is 0 Å². The van der Waals surface area contributed by atoms with E-state index in [4.69, 9.17) is 11.6 Å². The molecule has 4 aromatic heterocycles. The van der Waals surface area contributed by atoms with Crippen LogP contribution >= 0.6 is 34.7 Å². The van der Waals surface area contributed by atoms with Crippen molar-refractivity contribution >= 4 is 45.9 Å². The molecule has 0 unspecified atom stereocenters. The largest absolute Gasteiger partial charge is 0.459 e. The van der Waals surface area contributed by atoms with Crippen molar-refractivity contribution in [1.29, 1.82) is 0 Å². The van der Waals surface area contributed by atoms with Crippen LogP contribution in [0.2, 0.25) is 4.34 Å². The molecule has 0 aliphatic carbocycles. The fourth-order valence-electron chi connectivity index (χ4n) is 3.08. The Labute approximate surface area is 191 Å². The molecule has 0 saturated heterocycles. The summed E-state index contributed by atoms with van der Waals surface area (Å²) in [5, 5.41) is 7.46. The minimum Gasteiger partial charge on any atom is -0.321 e. The molecule has 0 bridgehead atoms. The van der Waals surface area contributed by atoms with Crippen molar-refractivity contribution in [2.45, 2.75) is 24.0 Å². The number of halogens is 6. The molecule has 0 radical (unpaired) electrons. The zero-order valence-corrected chi connectivity index (χ0v) is 19.1. The maximum Gasteiger partial charge on any atom is 0.459 e. The standard InChI is InChI=1S/C18H14ClF5N6S2/c1-4-31-16-12(26-14(30(16)3)9-5-6-11(19)32-9)15-25-8-7-10(17(20,21)18(22,23)24)27-28-13(8)29(15)2/h5-7H,4H2,1-3H3. The van der Waals surface area contributed by atoms with Crippen molar-refractivity contribution in [3.05, 3.63) is 28.2 Å². The van der Waals surface area contributed by atoms with Crippen molar-refractivity contribution in [1.82, 2.24) is 29.3 Å². The van der Waals surface area contributed by atoms with E-state index in [1.54, 1.807) is 13.1 Å². The van der Waals surface area contributed by atoms with E-state index in [1.165, 1.54) is 27.7 Å². The van der Waals surface area contributed by atoms with Crippen molar-refractivity contribution in [2.24, 2.45) is 14.1 Å². The summed E-state index contributed by atoms with van der Waals surface area (Å²) in [5.41, 5.74) is -1.15. The summed E-state index contributed by atoms with van der Waals surface area (Å²) in [6, 6.07) is 4.18. The van der Waals surface area contributed by atoms with Gasteiger partial charge in [-0.05, 0) is 24.0 Å². The van der Waals surface area contributed by atoms with E-state index >= 15 is 0 Å². The van der Waals surface area contributed by atoms with Gasteiger partial charge in [-0.25, -0.2) is 9.97 Å². The number of aromatic nitrogens is 6. The van der Waals surface area contributed by atoms with E-state index in [0.29, 0.717) is 27.7 Å². The van der Waals surface area contributed by atoms with Crippen molar-refractivity contribution in [2.75, 3.05) is 5.75 Å². The first-order valence-corrected chi connectivity index (χ1v) is 11.2. The molecule has 0 N–H and O–H groups in total. The highest BCUT2D eigenvalue weighted by atomic mass is 35.5. The third-order valence-electron chi connectivity index (χ3n) is 4.62. The Morgan fingerprint density at radius 2 is 1.75 bits per heavy atom. The number of alkyl halides is 5. The minimum atomic E-state index is -5.80. The lowest BCUT2D eigenvalue weighted by molar-refractivity contribution is -0.291. The van der Waals surface area contributed by atoms with Gasteiger partial charge in [0.05, 0.1) is 9.21 Å². The normalized spacial score (nSPS) is 12.8. The second-order valence-corrected chi connectivity index (χ2v) is 9.66. The smallest absolute Gasteiger partial charge is 0.321 e. The first-order valence-electron chi connectivity index (χ1n) is 9.06. The van der Waals surface area contributed by atoms with E-state index in [-0.39, 0.29) is 17.0 Å². The average molecular weight is 509 g/mol. The molecule has 0 saturated carbocycles. The molecule has 0 aliphatic heterocycles. The van der Waals surface area contributed by atoms with Crippen LogP contribution in [0.5, 0.6) is 0 Å². The van der Waals surface area contributed by atoms with Gasteiger partial charge in [-0.3, -0.25) is 0 Å². The van der Waals surface area contributed by atoms with Gasteiger partial charge in [-0.2, -0.15) is 22.0 Å². The Hall–Kier alpha value is -2.25. The van der Waals surface area contributed by atoms with Crippen LogP contribution in [0.25, 0.3) is 33.4 Å². The van der Waals surface area contributed by atoms with Crippen LogP contribution in [0.3, 0.4) is 0 Å². The molecule has 32 heavy (non-hydrogen) atoms. The summed E-state index contributed by atoms with van der Waals surface area (Å²) in [4.78, 5) is 9.78. The minimum absolute atomic E-state index is 0.0561.